The maximum Gasteiger partial charge on any atom is 0.248 e. The van der Waals surface area contributed by atoms with Crippen LogP contribution in [0, 0.1) is 6.92 Å². The van der Waals surface area contributed by atoms with Gasteiger partial charge in [0, 0.05) is 20.7 Å². The first kappa shape index (κ1) is 11.1. The van der Waals surface area contributed by atoms with Crippen LogP contribution in [0.4, 0.5) is 0 Å². The van der Waals surface area contributed by atoms with Crippen LogP contribution in [0.25, 0.3) is 0 Å². The summed E-state index contributed by atoms with van der Waals surface area (Å²) in [5, 5.41) is 4.38. The van der Waals surface area contributed by atoms with E-state index in [9.17, 15) is 4.79 Å². The number of amides is 1. The van der Waals surface area contributed by atoms with Crippen molar-refractivity contribution >= 4 is 5.91 Å². The van der Waals surface area contributed by atoms with Gasteiger partial charge in [-0.3, -0.25) is 9.48 Å². The van der Waals surface area contributed by atoms with E-state index < -0.39 is 0 Å². The van der Waals surface area contributed by atoms with Gasteiger partial charge in [-0.25, -0.2) is 0 Å². The highest BCUT2D eigenvalue weighted by Gasteiger charge is 2.24. The van der Waals surface area contributed by atoms with Crippen LogP contribution in [-0.2, 0) is 29.5 Å². The Bertz CT molecular complexity index is 412. The van der Waals surface area contributed by atoms with Crippen molar-refractivity contribution in [3.63, 3.8) is 0 Å². The van der Waals surface area contributed by atoms with E-state index in [4.69, 9.17) is 4.74 Å². The molecule has 16 heavy (non-hydrogen) atoms. The lowest BCUT2D eigenvalue weighted by atomic mass is 10.0. The number of aryl methyl sites for hydroxylation is 2. The lowest BCUT2D eigenvalue weighted by molar-refractivity contribution is -0.136. The van der Waals surface area contributed by atoms with E-state index in [2.05, 4.69) is 5.10 Å². The van der Waals surface area contributed by atoms with Crippen LogP contribution in [0.15, 0.2) is 0 Å². The molecule has 0 bridgehead atoms. The molecule has 1 aliphatic rings. The molecule has 88 valence electrons. The SMILES string of the molecule is COCC(=O)N1CCc2c(C)nn(C)c2C1. The third-order valence-corrected chi connectivity index (χ3v) is 3.07. The van der Waals surface area contributed by atoms with Crippen LogP contribution >= 0.6 is 0 Å². The molecule has 0 fully saturated rings. The number of carbonyl (C=O) groups excluding carboxylic acids is 1. The first-order valence-electron chi connectivity index (χ1n) is 5.41. The highest BCUT2D eigenvalue weighted by Crippen LogP contribution is 2.21. The monoisotopic (exact) mass is 223 g/mol. The molecular formula is C11H17N3O2. The lowest BCUT2D eigenvalue weighted by Gasteiger charge is -2.27. The molecule has 1 aromatic rings. The molecule has 1 amide bonds. The Morgan fingerprint density at radius 1 is 1.56 bits per heavy atom. The zero-order chi connectivity index (χ0) is 11.7. The summed E-state index contributed by atoms with van der Waals surface area (Å²) in [6, 6.07) is 0. The van der Waals surface area contributed by atoms with Gasteiger partial charge in [-0.05, 0) is 18.9 Å². The van der Waals surface area contributed by atoms with E-state index in [1.54, 1.807) is 7.11 Å². The third kappa shape index (κ3) is 1.82. The molecule has 0 aliphatic carbocycles. The van der Waals surface area contributed by atoms with Crippen molar-refractivity contribution in [1.82, 2.24) is 14.7 Å². The average Bonchev–Trinajstić information content (AvgIpc) is 2.55. The largest absolute Gasteiger partial charge is 0.375 e. The van der Waals surface area contributed by atoms with Gasteiger partial charge >= 0.3 is 0 Å². The molecule has 5 nitrogen and oxygen atoms in total. The first-order valence-corrected chi connectivity index (χ1v) is 5.41. The standard InChI is InChI=1S/C11H17N3O2/c1-8-9-4-5-14(11(15)7-16-3)6-10(9)13(2)12-8/h4-7H2,1-3H3. The average molecular weight is 223 g/mol. The summed E-state index contributed by atoms with van der Waals surface area (Å²) in [7, 11) is 3.47. The summed E-state index contributed by atoms with van der Waals surface area (Å²) in [4.78, 5) is 13.5. The summed E-state index contributed by atoms with van der Waals surface area (Å²) in [6.45, 7) is 3.59. The van der Waals surface area contributed by atoms with E-state index >= 15 is 0 Å². The van der Waals surface area contributed by atoms with Crippen molar-refractivity contribution in [2.75, 3.05) is 20.3 Å². The molecule has 1 aromatic heterocycles. The molecule has 0 N–H and O–H groups in total. The van der Waals surface area contributed by atoms with E-state index in [1.807, 2.05) is 23.6 Å². The minimum Gasteiger partial charge on any atom is -0.375 e. The predicted molar refractivity (Wildman–Crippen MR) is 58.9 cm³/mol. The van der Waals surface area contributed by atoms with Crippen molar-refractivity contribution in [2.24, 2.45) is 7.05 Å². The minimum absolute atomic E-state index is 0.0482. The van der Waals surface area contributed by atoms with Crippen LogP contribution in [-0.4, -0.2) is 40.8 Å². The summed E-state index contributed by atoms with van der Waals surface area (Å²) in [5.74, 6) is 0.0482. The van der Waals surface area contributed by atoms with Crippen molar-refractivity contribution in [1.29, 1.82) is 0 Å². The highest BCUT2D eigenvalue weighted by atomic mass is 16.5. The number of hydrogen-bond acceptors (Lipinski definition) is 3. The molecule has 0 saturated heterocycles. The third-order valence-electron chi connectivity index (χ3n) is 3.07. The van der Waals surface area contributed by atoms with Gasteiger partial charge in [0.15, 0.2) is 0 Å². The summed E-state index contributed by atoms with van der Waals surface area (Å²) in [5.41, 5.74) is 3.52. The van der Waals surface area contributed by atoms with Gasteiger partial charge in [-0.1, -0.05) is 0 Å². The summed E-state index contributed by atoms with van der Waals surface area (Å²) < 4.78 is 6.74. The number of hydrogen-bond donors (Lipinski definition) is 0. The van der Waals surface area contributed by atoms with Crippen molar-refractivity contribution in [3.05, 3.63) is 17.0 Å². The van der Waals surface area contributed by atoms with Crippen LogP contribution < -0.4 is 0 Å². The fourth-order valence-electron chi connectivity index (χ4n) is 2.21. The van der Waals surface area contributed by atoms with Gasteiger partial charge in [0.05, 0.1) is 17.9 Å². The van der Waals surface area contributed by atoms with Gasteiger partial charge in [0.2, 0.25) is 5.91 Å². The number of carbonyl (C=O) groups is 1. The fourth-order valence-corrected chi connectivity index (χ4v) is 2.21. The number of aromatic nitrogens is 2. The van der Waals surface area contributed by atoms with Gasteiger partial charge in [0.1, 0.15) is 6.61 Å². The second kappa shape index (κ2) is 4.25. The molecular weight excluding hydrogens is 206 g/mol. The highest BCUT2D eigenvalue weighted by molar-refractivity contribution is 5.77. The summed E-state index contributed by atoms with van der Waals surface area (Å²) >= 11 is 0. The zero-order valence-electron chi connectivity index (χ0n) is 9.99. The molecule has 0 aromatic carbocycles. The topological polar surface area (TPSA) is 47.4 Å². The van der Waals surface area contributed by atoms with Crippen LogP contribution in [0.3, 0.4) is 0 Å². The number of fused-ring (bicyclic) bond motifs is 1. The fraction of sp³-hybridized carbons (Fsp3) is 0.636. The Kier molecular flexibility index (Phi) is 2.96. The Morgan fingerprint density at radius 2 is 2.31 bits per heavy atom. The molecule has 0 spiro atoms. The summed E-state index contributed by atoms with van der Waals surface area (Å²) in [6.07, 6.45) is 0.893. The molecule has 0 radical (unpaired) electrons. The maximum atomic E-state index is 11.7. The van der Waals surface area contributed by atoms with Gasteiger partial charge in [-0.15, -0.1) is 0 Å². The number of nitrogens with zero attached hydrogens (tertiary/aromatic N) is 3. The normalized spacial score (nSPS) is 15.1. The Labute approximate surface area is 95.0 Å². The quantitative estimate of drug-likeness (QED) is 0.722. The first-order chi connectivity index (χ1) is 7.63. The maximum absolute atomic E-state index is 11.7. The number of rotatable bonds is 2. The molecule has 5 heteroatoms. The van der Waals surface area contributed by atoms with Crippen LogP contribution in [0.5, 0.6) is 0 Å². The second-order valence-corrected chi connectivity index (χ2v) is 4.13. The van der Waals surface area contributed by atoms with Crippen molar-refractivity contribution in [2.45, 2.75) is 19.9 Å². The molecule has 1 aliphatic heterocycles. The smallest absolute Gasteiger partial charge is 0.248 e. The van der Waals surface area contributed by atoms with Crippen molar-refractivity contribution in [3.8, 4) is 0 Å². The lowest BCUT2D eigenvalue weighted by Crippen LogP contribution is -2.38. The molecule has 0 atom stereocenters. The Balaban J connectivity index is 2.17. The molecule has 0 unspecified atom stereocenters. The zero-order valence-corrected chi connectivity index (χ0v) is 9.99. The van der Waals surface area contributed by atoms with Crippen molar-refractivity contribution < 1.29 is 9.53 Å². The minimum atomic E-state index is 0.0482. The van der Waals surface area contributed by atoms with E-state index in [1.165, 1.54) is 5.56 Å². The number of methoxy groups -OCH3 is 1. The second-order valence-electron chi connectivity index (χ2n) is 4.13. The van der Waals surface area contributed by atoms with Crippen LogP contribution in [0.1, 0.15) is 17.0 Å². The number of ether oxygens (including phenoxy) is 1. The molecule has 0 saturated carbocycles. The van der Waals surface area contributed by atoms with E-state index in [0.717, 1.165) is 24.4 Å². The van der Waals surface area contributed by atoms with E-state index in [0.29, 0.717) is 6.54 Å². The van der Waals surface area contributed by atoms with Crippen LogP contribution in [0.2, 0.25) is 0 Å². The van der Waals surface area contributed by atoms with E-state index in [-0.39, 0.29) is 12.5 Å². The van der Waals surface area contributed by atoms with Gasteiger partial charge in [-0.2, -0.15) is 5.10 Å². The van der Waals surface area contributed by atoms with Gasteiger partial charge < -0.3 is 9.64 Å². The predicted octanol–water partition coefficient (Wildman–Crippen LogP) is 0.260. The Morgan fingerprint density at radius 3 is 3.00 bits per heavy atom. The molecule has 2 heterocycles. The molecule has 2 rings (SSSR count). The Hall–Kier alpha value is -1.36. The van der Waals surface area contributed by atoms with Gasteiger partial charge in [0.25, 0.3) is 0 Å².